The zero-order valence-electron chi connectivity index (χ0n) is 8.76. The number of ether oxygens (including phenoxy) is 1. The minimum absolute atomic E-state index is 0.533. The lowest BCUT2D eigenvalue weighted by Crippen LogP contribution is -2.24. The third-order valence-corrected chi connectivity index (χ3v) is 3.94. The molecule has 0 amide bonds. The largest absolute Gasteiger partial charge is 0.377 e. The molecule has 0 radical (unpaired) electrons. The van der Waals surface area contributed by atoms with Gasteiger partial charge in [-0.05, 0) is 18.8 Å². The molecule has 1 fully saturated rings. The minimum atomic E-state index is 0.533. The van der Waals surface area contributed by atoms with Crippen molar-refractivity contribution >= 4 is 22.6 Å². The van der Waals surface area contributed by atoms with Crippen molar-refractivity contribution in [3.8, 4) is 0 Å². The quantitative estimate of drug-likeness (QED) is 0.437. The standard InChI is InChI=1S/C11H21IO/c1-9(2)8-13-11-7-5-3-4-6-10(11)12/h9-11H,3-8H2,1-2H3. The van der Waals surface area contributed by atoms with Crippen molar-refractivity contribution in [1.82, 2.24) is 0 Å². The van der Waals surface area contributed by atoms with E-state index in [9.17, 15) is 0 Å². The summed E-state index contributed by atoms with van der Waals surface area (Å²) in [6.45, 7) is 5.38. The maximum atomic E-state index is 5.93. The second-order valence-electron chi connectivity index (χ2n) is 4.42. The third kappa shape index (κ3) is 4.63. The average molecular weight is 296 g/mol. The molecule has 1 aliphatic carbocycles. The molecule has 0 heterocycles. The predicted molar refractivity (Wildman–Crippen MR) is 65.5 cm³/mol. The Morgan fingerprint density at radius 2 is 1.92 bits per heavy atom. The van der Waals surface area contributed by atoms with Gasteiger partial charge < -0.3 is 4.74 Å². The van der Waals surface area contributed by atoms with Crippen molar-refractivity contribution in [2.24, 2.45) is 5.92 Å². The van der Waals surface area contributed by atoms with Crippen molar-refractivity contribution < 1.29 is 4.74 Å². The lowest BCUT2D eigenvalue weighted by molar-refractivity contribution is 0.0333. The van der Waals surface area contributed by atoms with Gasteiger partial charge in [0.2, 0.25) is 0 Å². The van der Waals surface area contributed by atoms with E-state index in [0.717, 1.165) is 10.5 Å². The molecule has 0 spiro atoms. The molecular weight excluding hydrogens is 275 g/mol. The maximum Gasteiger partial charge on any atom is 0.0692 e. The Morgan fingerprint density at radius 1 is 1.23 bits per heavy atom. The predicted octanol–water partition coefficient (Wildman–Crippen LogP) is 3.80. The van der Waals surface area contributed by atoms with E-state index in [2.05, 4.69) is 36.4 Å². The van der Waals surface area contributed by atoms with Gasteiger partial charge in [-0.1, -0.05) is 55.7 Å². The topological polar surface area (TPSA) is 9.23 Å². The molecular formula is C11H21IO. The van der Waals surface area contributed by atoms with Crippen LogP contribution in [0.2, 0.25) is 0 Å². The van der Waals surface area contributed by atoms with Crippen LogP contribution in [0.1, 0.15) is 46.0 Å². The summed E-state index contributed by atoms with van der Waals surface area (Å²) in [4.78, 5) is 0. The first-order valence-electron chi connectivity index (χ1n) is 5.46. The van der Waals surface area contributed by atoms with Crippen LogP contribution in [0.4, 0.5) is 0 Å². The van der Waals surface area contributed by atoms with Crippen LogP contribution in [0, 0.1) is 5.92 Å². The van der Waals surface area contributed by atoms with Crippen molar-refractivity contribution in [3.63, 3.8) is 0 Å². The van der Waals surface area contributed by atoms with Gasteiger partial charge in [0.25, 0.3) is 0 Å². The van der Waals surface area contributed by atoms with Crippen LogP contribution in [-0.2, 0) is 4.74 Å². The van der Waals surface area contributed by atoms with Crippen molar-refractivity contribution in [2.45, 2.75) is 56.0 Å². The molecule has 1 aliphatic rings. The molecule has 1 rings (SSSR count). The summed E-state index contributed by atoms with van der Waals surface area (Å²) in [5.74, 6) is 0.673. The lowest BCUT2D eigenvalue weighted by atomic mass is 10.1. The molecule has 78 valence electrons. The van der Waals surface area contributed by atoms with E-state index < -0.39 is 0 Å². The van der Waals surface area contributed by atoms with Gasteiger partial charge in [0.1, 0.15) is 0 Å². The molecule has 1 nitrogen and oxygen atoms in total. The van der Waals surface area contributed by atoms with Gasteiger partial charge in [-0.15, -0.1) is 0 Å². The Balaban J connectivity index is 2.27. The average Bonchev–Trinajstić information content (AvgIpc) is 2.27. The second-order valence-corrected chi connectivity index (χ2v) is 6.02. The molecule has 0 saturated heterocycles. The Bertz CT molecular complexity index is 136. The molecule has 0 aromatic heterocycles. The van der Waals surface area contributed by atoms with Gasteiger partial charge >= 0.3 is 0 Å². The van der Waals surface area contributed by atoms with Crippen LogP contribution < -0.4 is 0 Å². The van der Waals surface area contributed by atoms with Gasteiger partial charge in [0.05, 0.1) is 6.10 Å². The molecule has 2 unspecified atom stereocenters. The van der Waals surface area contributed by atoms with E-state index in [-0.39, 0.29) is 0 Å². The highest BCUT2D eigenvalue weighted by Gasteiger charge is 2.21. The van der Waals surface area contributed by atoms with E-state index in [1.54, 1.807) is 0 Å². The monoisotopic (exact) mass is 296 g/mol. The van der Waals surface area contributed by atoms with E-state index >= 15 is 0 Å². The van der Waals surface area contributed by atoms with E-state index in [0.29, 0.717) is 12.0 Å². The molecule has 1 saturated carbocycles. The highest BCUT2D eigenvalue weighted by atomic mass is 127. The summed E-state index contributed by atoms with van der Waals surface area (Å²) in [7, 11) is 0. The van der Waals surface area contributed by atoms with Crippen molar-refractivity contribution in [1.29, 1.82) is 0 Å². The molecule has 0 aromatic carbocycles. The van der Waals surface area contributed by atoms with Gasteiger partial charge in [-0.2, -0.15) is 0 Å². The number of rotatable bonds is 3. The fourth-order valence-electron chi connectivity index (χ4n) is 1.73. The lowest BCUT2D eigenvalue weighted by Gasteiger charge is -2.21. The summed E-state index contributed by atoms with van der Waals surface area (Å²) in [6, 6.07) is 0. The zero-order valence-corrected chi connectivity index (χ0v) is 10.9. The first kappa shape index (κ1) is 11.8. The van der Waals surface area contributed by atoms with Crippen molar-refractivity contribution in [2.75, 3.05) is 6.61 Å². The molecule has 2 atom stereocenters. The Labute approximate surface area is 95.8 Å². The van der Waals surface area contributed by atoms with Crippen LogP contribution in [0.15, 0.2) is 0 Å². The Hall–Kier alpha value is 0.690. The number of hydrogen-bond acceptors (Lipinski definition) is 1. The first-order chi connectivity index (χ1) is 6.20. The van der Waals surface area contributed by atoms with E-state index in [4.69, 9.17) is 4.74 Å². The van der Waals surface area contributed by atoms with E-state index in [1.807, 2.05) is 0 Å². The normalized spacial score (nSPS) is 30.5. The molecule has 2 heteroatoms. The summed E-state index contributed by atoms with van der Waals surface area (Å²) < 4.78 is 6.68. The minimum Gasteiger partial charge on any atom is -0.377 e. The highest BCUT2D eigenvalue weighted by Crippen LogP contribution is 2.26. The smallest absolute Gasteiger partial charge is 0.0692 e. The highest BCUT2D eigenvalue weighted by molar-refractivity contribution is 14.1. The Morgan fingerprint density at radius 3 is 2.62 bits per heavy atom. The van der Waals surface area contributed by atoms with Gasteiger partial charge in [0.15, 0.2) is 0 Å². The third-order valence-electron chi connectivity index (χ3n) is 2.52. The summed E-state index contributed by atoms with van der Waals surface area (Å²) in [5, 5.41) is 0. The SMILES string of the molecule is CC(C)COC1CCCCCC1I. The number of alkyl halides is 1. The first-order valence-corrected chi connectivity index (χ1v) is 6.70. The summed E-state index contributed by atoms with van der Waals surface area (Å²) in [5.41, 5.74) is 0. The van der Waals surface area contributed by atoms with Crippen LogP contribution in [0.3, 0.4) is 0 Å². The van der Waals surface area contributed by atoms with Crippen molar-refractivity contribution in [3.05, 3.63) is 0 Å². The molecule has 0 aliphatic heterocycles. The van der Waals surface area contributed by atoms with Gasteiger partial charge in [-0.25, -0.2) is 0 Å². The van der Waals surface area contributed by atoms with E-state index in [1.165, 1.54) is 32.1 Å². The zero-order chi connectivity index (χ0) is 9.68. The van der Waals surface area contributed by atoms with Gasteiger partial charge in [-0.3, -0.25) is 0 Å². The summed E-state index contributed by atoms with van der Waals surface area (Å²) in [6.07, 6.45) is 7.33. The molecule has 0 N–H and O–H groups in total. The fourth-order valence-corrected chi connectivity index (χ4v) is 2.74. The van der Waals surface area contributed by atoms with Crippen LogP contribution in [0.5, 0.6) is 0 Å². The van der Waals surface area contributed by atoms with Crippen LogP contribution in [-0.4, -0.2) is 16.6 Å². The van der Waals surface area contributed by atoms with Crippen LogP contribution in [0.25, 0.3) is 0 Å². The molecule has 0 bridgehead atoms. The maximum absolute atomic E-state index is 5.93. The fraction of sp³-hybridized carbons (Fsp3) is 1.00. The van der Waals surface area contributed by atoms with Gasteiger partial charge in [0, 0.05) is 10.5 Å². The second kappa shape index (κ2) is 6.23. The molecule has 13 heavy (non-hydrogen) atoms. The number of halogens is 1. The Kier molecular flexibility index (Phi) is 5.63. The van der Waals surface area contributed by atoms with Crippen LogP contribution >= 0.6 is 22.6 Å². The molecule has 0 aromatic rings. The summed E-state index contributed by atoms with van der Waals surface area (Å²) >= 11 is 2.57. The number of hydrogen-bond donors (Lipinski definition) is 0.